The van der Waals surface area contributed by atoms with Crippen molar-refractivity contribution in [3.63, 3.8) is 0 Å². The molecule has 19 heavy (non-hydrogen) atoms. The molecule has 1 saturated heterocycles. The van der Waals surface area contributed by atoms with Crippen molar-refractivity contribution in [2.45, 2.75) is 51.9 Å². The van der Waals surface area contributed by atoms with Crippen molar-refractivity contribution in [1.82, 2.24) is 10.2 Å². The molecule has 0 spiro atoms. The van der Waals surface area contributed by atoms with Gasteiger partial charge in [0.15, 0.2) is 0 Å². The predicted molar refractivity (Wildman–Crippen MR) is 79.6 cm³/mol. The maximum absolute atomic E-state index is 5.45. The maximum atomic E-state index is 5.45. The zero-order valence-electron chi connectivity index (χ0n) is 13.3. The molecule has 114 valence electrons. The molecule has 4 heteroatoms. The number of methoxy groups -OCH3 is 2. The van der Waals surface area contributed by atoms with Crippen LogP contribution >= 0.6 is 0 Å². The Morgan fingerprint density at radius 1 is 1.05 bits per heavy atom. The van der Waals surface area contributed by atoms with Gasteiger partial charge in [0.05, 0.1) is 12.2 Å². The number of likely N-dealkylation sites (tertiary alicyclic amines) is 1. The molecule has 1 N–H and O–H groups in total. The largest absolute Gasteiger partial charge is 0.377 e. The molecule has 4 nitrogen and oxygen atoms in total. The van der Waals surface area contributed by atoms with Gasteiger partial charge in [0.1, 0.15) is 0 Å². The second kappa shape index (κ2) is 8.90. The first kappa shape index (κ1) is 16.9. The number of hydrogen-bond donors (Lipinski definition) is 1. The lowest BCUT2D eigenvalue weighted by Crippen LogP contribution is -2.35. The first-order valence-electron chi connectivity index (χ1n) is 7.58. The normalized spacial score (nSPS) is 26.2. The summed E-state index contributed by atoms with van der Waals surface area (Å²) in [6.45, 7) is 10.9. The third-order valence-corrected chi connectivity index (χ3v) is 3.99. The highest BCUT2D eigenvalue weighted by Gasteiger charge is 2.32. The molecule has 1 aliphatic heterocycles. The topological polar surface area (TPSA) is 33.7 Å². The zero-order valence-corrected chi connectivity index (χ0v) is 13.3. The lowest BCUT2D eigenvalue weighted by Gasteiger charge is -2.19. The van der Waals surface area contributed by atoms with Crippen LogP contribution in [0.2, 0.25) is 0 Å². The van der Waals surface area contributed by atoms with Crippen LogP contribution in [0.15, 0.2) is 0 Å². The van der Waals surface area contributed by atoms with Gasteiger partial charge in [-0.15, -0.1) is 0 Å². The smallest absolute Gasteiger partial charge is 0.0971 e. The Bertz CT molecular complexity index is 224. The summed E-state index contributed by atoms with van der Waals surface area (Å²) in [6.07, 6.45) is 3.01. The summed E-state index contributed by atoms with van der Waals surface area (Å²) in [6, 6.07) is 0.612. The van der Waals surface area contributed by atoms with Crippen molar-refractivity contribution < 1.29 is 9.47 Å². The van der Waals surface area contributed by atoms with E-state index in [-0.39, 0.29) is 12.2 Å². The van der Waals surface area contributed by atoms with E-state index < -0.39 is 0 Å². The average molecular weight is 272 g/mol. The van der Waals surface area contributed by atoms with Crippen LogP contribution in [-0.2, 0) is 9.47 Å². The van der Waals surface area contributed by atoms with Crippen LogP contribution in [0, 0.1) is 5.92 Å². The Kier molecular flexibility index (Phi) is 7.91. The van der Waals surface area contributed by atoms with Crippen LogP contribution < -0.4 is 5.32 Å². The molecular weight excluding hydrogens is 240 g/mol. The van der Waals surface area contributed by atoms with Gasteiger partial charge in [0.25, 0.3) is 0 Å². The van der Waals surface area contributed by atoms with E-state index in [1.165, 1.54) is 12.8 Å². The van der Waals surface area contributed by atoms with E-state index in [9.17, 15) is 0 Å². The highest BCUT2D eigenvalue weighted by molar-refractivity contribution is 4.85. The van der Waals surface area contributed by atoms with E-state index >= 15 is 0 Å². The Labute approximate surface area is 118 Å². The van der Waals surface area contributed by atoms with Gasteiger partial charge in [-0.1, -0.05) is 13.8 Å². The van der Waals surface area contributed by atoms with Crippen LogP contribution in [0.4, 0.5) is 0 Å². The van der Waals surface area contributed by atoms with E-state index in [0.29, 0.717) is 6.04 Å². The molecule has 0 radical (unpaired) electrons. The van der Waals surface area contributed by atoms with Gasteiger partial charge in [0.2, 0.25) is 0 Å². The average Bonchev–Trinajstić information content (AvgIpc) is 2.78. The van der Waals surface area contributed by atoms with Crippen LogP contribution in [0.5, 0.6) is 0 Å². The fourth-order valence-corrected chi connectivity index (χ4v) is 2.61. The molecule has 0 aliphatic carbocycles. The van der Waals surface area contributed by atoms with E-state index in [1.54, 1.807) is 14.2 Å². The summed E-state index contributed by atoms with van der Waals surface area (Å²) < 4.78 is 10.9. The lowest BCUT2D eigenvalue weighted by atomic mass is 10.0. The van der Waals surface area contributed by atoms with E-state index in [2.05, 4.69) is 31.0 Å². The standard InChI is InChI=1S/C15H32N2O2/c1-12(2)6-7-13(3)16-8-9-17-10-14(18-4)15(11-17)19-5/h12-16H,6-11H2,1-5H3. The third kappa shape index (κ3) is 6.21. The Morgan fingerprint density at radius 3 is 2.11 bits per heavy atom. The van der Waals surface area contributed by atoms with Crippen molar-refractivity contribution >= 4 is 0 Å². The van der Waals surface area contributed by atoms with Crippen molar-refractivity contribution in [3.8, 4) is 0 Å². The Balaban J connectivity index is 2.13. The summed E-state index contributed by atoms with van der Waals surface area (Å²) in [7, 11) is 3.54. The molecular formula is C15H32N2O2. The van der Waals surface area contributed by atoms with Crippen LogP contribution in [-0.4, -0.2) is 63.5 Å². The molecule has 1 aliphatic rings. The van der Waals surface area contributed by atoms with Crippen LogP contribution in [0.3, 0.4) is 0 Å². The molecule has 0 amide bonds. The highest BCUT2D eigenvalue weighted by Crippen LogP contribution is 2.15. The highest BCUT2D eigenvalue weighted by atomic mass is 16.5. The maximum Gasteiger partial charge on any atom is 0.0971 e. The summed E-state index contributed by atoms with van der Waals surface area (Å²) in [5.41, 5.74) is 0. The van der Waals surface area contributed by atoms with Gasteiger partial charge in [-0.3, -0.25) is 4.90 Å². The van der Waals surface area contributed by atoms with E-state index in [4.69, 9.17) is 9.47 Å². The number of nitrogens with zero attached hydrogens (tertiary/aromatic N) is 1. The second-order valence-electron chi connectivity index (χ2n) is 6.13. The fourth-order valence-electron chi connectivity index (χ4n) is 2.61. The SMILES string of the molecule is COC1CN(CCNC(C)CCC(C)C)CC1OC. The molecule has 1 rings (SSSR count). The van der Waals surface area contributed by atoms with Crippen molar-refractivity contribution in [3.05, 3.63) is 0 Å². The van der Waals surface area contributed by atoms with Crippen LogP contribution in [0.25, 0.3) is 0 Å². The van der Waals surface area contributed by atoms with Gasteiger partial charge >= 0.3 is 0 Å². The lowest BCUT2D eigenvalue weighted by molar-refractivity contribution is -0.00461. The van der Waals surface area contributed by atoms with Crippen molar-refractivity contribution in [1.29, 1.82) is 0 Å². The molecule has 0 aromatic heterocycles. The predicted octanol–water partition coefficient (Wildman–Crippen LogP) is 1.75. The van der Waals surface area contributed by atoms with E-state index in [0.717, 1.165) is 32.1 Å². The van der Waals surface area contributed by atoms with E-state index in [1.807, 2.05) is 0 Å². The summed E-state index contributed by atoms with van der Waals surface area (Å²) in [5, 5.41) is 3.61. The monoisotopic (exact) mass is 272 g/mol. The summed E-state index contributed by atoms with van der Waals surface area (Å²) >= 11 is 0. The first-order valence-corrected chi connectivity index (χ1v) is 7.58. The van der Waals surface area contributed by atoms with Gasteiger partial charge in [-0.05, 0) is 25.7 Å². The number of hydrogen-bond acceptors (Lipinski definition) is 4. The van der Waals surface area contributed by atoms with Gasteiger partial charge < -0.3 is 14.8 Å². The number of nitrogens with one attached hydrogen (secondary N) is 1. The number of ether oxygens (including phenoxy) is 2. The fraction of sp³-hybridized carbons (Fsp3) is 1.00. The molecule has 3 unspecified atom stereocenters. The molecule has 3 atom stereocenters. The third-order valence-electron chi connectivity index (χ3n) is 3.99. The minimum Gasteiger partial charge on any atom is -0.377 e. The minimum atomic E-state index is 0.225. The molecule has 0 saturated carbocycles. The van der Waals surface area contributed by atoms with Gasteiger partial charge in [-0.2, -0.15) is 0 Å². The summed E-state index contributed by atoms with van der Waals surface area (Å²) in [5.74, 6) is 0.799. The molecule has 1 fully saturated rings. The molecule has 0 bridgehead atoms. The van der Waals surface area contributed by atoms with Gasteiger partial charge in [-0.25, -0.2) is 0 Å². The molecule has 1 heterocycles. The Morgan fingerprint density at radius 2 is 1.63 bits per heavy atom. The second-order valence-corrected chi connectivity index (χ2v) is 6.13. The minimum absolute atomic E-state index is 0.225. The van der Waals surface area contributed by atoms with Gasteiger partial charge in [0, 0.05) is 46.4 Å². The first-order chi connectivity index (χ1) is 9.06. The number of rotatable bonds is 9. The van der Waals surface area contributed by atoms with Crippen LogP contribution in [0.1, 0.15) is 33.6 Å². The van der Waals surface area contributed by atoms with Crippen molar-refractivity contribution in [2.24, 2.45) is 5.92 Å². The quantitative estimate of drug-likeness (QED) is 0.693. The molecule has 0 aromatic carbocycles. The van der Waals surface area contributed by atoms with Crippen molar-refractivity contribution in [2.75, 3.05) is 40.4 Å². The molecule has 0 aromatic rings. The summed E-state index contributed by atoms with van der Waals surface area (Å²) in [4.78, 5) is 2.42. The zero-order chi connectivity index (χ0) is 14.3. The Hall–Kier alpha value is -0.160.